The van der Waals surface area contributed by atoms with Crippen LogP contribution in [0.4, 0.5) is 9.18 Å². The summed E-state index contributed by atoms with van der Waals surface area (Å²) >= 11 is 1.07. The molecule has 9 heteroatoms. The molecule has 3 rings (SSSR count). The largest absolute Gasteiger partial charge is 0.451 e. The fourth-order valence-corrected chi connectivity index (χ4v) is 4.56. The molecule has 2 aromatic rings. The topological polar surface area (TPSA) is 93.7 Å². The highest BCUT2D eigenvalue weighted by molar-refractivity contribution is 7.21. The highest BCUT2D eigenvalue weighted by Gasteiger charge is 2.23. The molecule has 3 amide bonds. The van der Waals surface area contributed by atoms with Crippen LogP contribution in [0.25, 0.3) is 10.1 Å². The van der Waals surface area contributed by atoms with Crippen LogP contribution in [0.2, 0.25) is 0 Å². The second-order valence-electron chi connectivity index (χ2n) is 6.89. The molecule has 1 aliphatic rings. The molecule has 1 heterocycles. The third-order valence-corrected chi connectivity index (χ3v) is 5.94. The number of urea groups is 1. The summed E-state index contributed by atoms with van der Waals surface area (Å²) in [4.78, 5) is 36.5. The molecular formula is C20H23FN2O5S. The number of benzene rings is 1. The van der Waals surface area contributed by atoms with Crippen LogP contribution in [-0.4, -0.2) is 37.7 Å². The number of carbonyl (C=O) groups is 3. The lowest BCUT2D eigenvalue weighted by Crippen LogP contribution is -2.46. The highest BCUT2D eigenvalue weighted by atomic mass is 32.1. The number of rotatable bonds is 6. The molecule has 1 aromatic carbocycles. The zero-order chi connectivity index (χ0) is 20.8. The van der Waals surface area contributed by atoms with Gasteiger partial charge < -0.3 is 14.8 Å². The number of imide groups is 1. The van der Waals surface area contributed by atoms with Crippen molar-refractivity contribution in [3.05, 3.63) is 34.5 Å². The Morgan fingerprint density at radius 3 is 2.69 bits per heavy atom. The molecule has 29 heavy (non-hydrogen) atoms. The Labute approximate surface area is 171 Å². The first kappa shape index (κ1) is 21.2. The van der Waals surface area contributed by atoms with Gasteiger partial charge >= 0.3 is 12.0 Å². The van der Waals surface area contributed by atoms with Gasteiger partial charge in [-0.25, -0.2) is 14.0 Å². The van der Waals surface area contributed by atoms with Gasteiger partial charge in [0.2, 0.25) is 0 Å². The van der Waals surface area contributed by atoms with E-state index in [1.165, 1.54) is 13.2 Å². The van der Waals surface area contributed by atoms with Crippen molar-refractivity contribution in [3.63, 3.8) is 0 Å². The molecule has 2 N–H and O–H groups in total. The lowest BCUT2D eigenvalue weighted by molar-refractivity contribution is -0.123. The lowest BCUT2D eigenvalue weighted by atomic mass is 9.96. The molecule has 1 aromatic heterocycles. The summed E-state index contributed by atoms with van der Waals surface area (Å²) in [5.74, 6) is -1.95. The number of ether oxygens (including phenoxy) is 2. The second kappa shape index (κ2) is 9.80. The summed E-state index contributed by atoms with van der Waals surface area (Å²) in [5, 5.41) is 5.22. The van der Waals surface area contributed by atoms with Crippen LogP contribution in [0.5, 0.6) is 0 Å². The summed E-state index contributed by atoms with van der Waals surface area (Å²) in [6, 6.07) is 4.02. The number of thiophene rings is 1. The zero-order valence-corrected chi connectivity index (χ0v) is 16.9. The van der Waals surface area contributed by atoms with E-state index in [0.717, 1.165) is 43.4 Å². The molecule has 0 unspecified atom stereocenters. The van der Waals surface area contributed by atoms with Crippen molar-refractivity contribution in [2.24, 2.45) is 0 Å². The number of carbonyl (C=O) groups excluding carboxylic acids is 3. The lowest BCUT2D eigenvalue weighted by Gasteiger charge is -2.22. The molecule has 0 saturated heterocycles. The van der Waals surface area contributed by atoms with Crippen molar-refractivity contribution < 1.29 is 28.2 Å². The summed E-state index contributed by atoms with van der Waals surface area (Å²) < 4.78 is 24.9. The first-order valence-electron chi connectivity index (χ1n) is 9.46. The first-order valence-corrected chi connectivity index (χ1v) is 10.3. The van der Waals surface area contributed by atoms with Gasteiger partial charge in [-0.15, -0.1) is 11.3 Å². The Bertz CT molecular complexity index is 908. The minimum absolute atomic E-state index is 0.0291. The molecule has 0 aliphatic heterocycles. The first-order chi connectivity index (χ1) is 14.0. The van der Waals surface area contributed by atoms with Gasteiger partial charge in [0.1, 0.15) is 10.7 Å². The molecular weight excluding hydrogens is 399 g/mol. The molecule has 0 spiro atoms. The van der Waals surface area contributed by atoms with Crippen LogP contribution in [0, 0.1) is 5.82 Å². The number of methoxy groups -OCH3 is 1. The van der Waals surface area contributed by atoms with Crippen LogP contribution >= 0.6 is 11.3 Å². The molecule has 7 nitrogen and oxygen atoms in total. The van der Waals surface area contributed by atoms with Crippen LogP contribution in [0.3, 0.4) is 0 Å². The van der Waals surface area contributed by atoms with Gasteiger partial charge in [0.25, 0.3) is 5.91 Å². The van der Waals surface area contributed by atoms with Crippen molar-refractivity contribution >= 4 is 39.3 Å². The predicted molar refractivity (Wildman–Crippen MR) is 106 cm³/mol. The van der Waals surface area contributed by atoms with Gasteiger partial charge in [0.05, 0.1) is 6.61 Å². The van der Waals surface area contributed by atoms with Crippen LogP contribution in [0.15, 0.2) is 18.2 Å². The molecule has 1 aliphatic carbocycles. The fraction of sp³-hybridized carbons (Fsp3) is 0.450. The average molecular weight is 422 g/mol. The Hall–Kier alpha value is -2.52. The normalized spacial score (nSPS) is 14.6. The van der Waals surface area contributed by atoms with Crippen molar-refractivity contribution in [1.29, 1.82) is 0 Å². The maximum atomic E-state index is 14.2. The van der Waals surface area contributed by atoms with Gasteiger partial charge in [-0.1, -0.05) is 25.3 Å². The average Bonchev–Trinajstić information content (AvgIpc) is 3.07. The van der Waals surface area contributed by atoms with Crippen molar-refractivity contribution in [2.45, 2.75) is 44.8 Å². The number of esters is 1. The number of hydrogen-bond acceptors (Lipinski definition) is 6. The number of fused-ring (bicyclic) bond motifs is 1. The number of nitrogens with one attached hydrogen (secondary N) is 2. The molecule has 1 saturated carbocycles. The van der Waals surface area contributed by atoms with Crippen molar-refractivity contribution in [2.75, 3.05) is 13.7 Å². The monoisotopic (exact) mass is 422 g/mol. The van der Waals surface area contributed by atoms with Crippen LogP contribution < -0.4 is 10.6 Å². The van der Waals surface area contributed by atoms with Gasteiger partial charge in [-0.2, -0.15) is 0 Å². The number of amides is 3. The summed E-state index contributed by atoms with van der Waals surface area (Å²) in [5.41, 5.74) is 0.381. The SMILES string of the molecule is COCc1c(C(=O)OCC(=O)NC(=O)NC2CCCCC2)sc2cccc(F)c12. The van der Waals surface area contributed by atoms with E-state index in [-0.39, 0.29) is 17.5 Å². The van der Waals surface area contributed by atoms with E-state index in [1.54, 1.807) is 12.1 Å². The smallest absolute Gasteiger partial charge is 0.349 e. The van der Waals surface area contributed by atoms with E-state index in [0.29, 0.717) is 15.6 Å². The van der Waals surface area contributed by atoms with E-state index in [4.69, 9.17) is 9.47 Å². The Balaban J connectivity index is 1.58. The quantitative estimate of drug-likeness (QED) is 0.695. The van der Waals surface area contributed by atoms with E-state index in [9.17, 15) is 18.8 Å². The van der Waals surface area contributed by atoms with Crippen molar-refractivity contribution in [3.8, 4) is 0 Å². The van der Waals surface area contributed by atoms with Gasteiger partial charge in [0.15, 0.2) is 6.61 Å². The highest BCUT2D eigenvalue weighted by Crippen LogP contribution is 2.34. The van der Waals surface area contributed by atoms with E-state index < -0.39 is 30.3 Å². The summed E-state index contributed by atoms with van der Waals surface area (Å²) in [6.07, 6.45) is 5.04. The third-order valence-electron chi connectivity index (χ3n) is 4.77. The minimum atomic E-state index is -0.763. The second-order valence-corrected chi connectivity index (χ2v) is 7.94. The van der Waals surface area contributed by atoms with E-state index in [2.05, 4.69) is 10.6 Å². The van der Waals surface area contributed by atoms with Crippen molar-refractivity contribution in [1.82, 2.24) is 10.6 Å². The standard InChI is InChI=1S/C20H23FN2O5S/c1-27-10-13-17-14(21)8-5-9-15(17)29-18(13)19(25)28-11-16(24)23-20(26)22-12-6-3-2-4-7-12/h5,8-9,12H,2-4,6-7,10-11H2,1H3,(H2,22,23,24,26). The maximum absolute atomic E-state index is 14.2. The van der Waals surface area contributed by atoms with Gasteiger partial charge in [0, 0.05) is 28.8 Å². The van der Waals surface area contributed by atoms with E-state index >= 15 is 0 Å². The van der Waals surface area contributed by atoms with Gasteiger partial charge in [-0.3, -0.25) is 10.1 Å². The van der Waals surface area contributed by atoms with Crippen LogP contribution in [0.1, 0.15) is 47.3 Å². The molecule has 0 bridgehead atoms. The molecule has 0 atom stereocenters. The van der Waals surface area contributed by atoms with Gasteiger partial charge in [-0.05, 0) is 25.0 Å². The maximum Gasteiger partial charge on any atom is 0.349 e. The number of hydrogen-bond donors (Lipinski definition) is 2. The van der Waals surface area contributed by atoms with E-state index in [1.807, 2.05) is 0 Å². The predicted octanol–water partition coefficient (Wildman–Crippen LogP) is 3.50. The Morgan fingerprint density at radius 1 is 1.21 bits per heavy atom. The molecule has 156 valence electrons. The third kappa shape index (κ3) is 5.30. The Kier molecular flexibility index (Phi) is 7.16. The zero-order valence-electron chi connectivity index (χ0n) is 16.1. The molecule has 0 radical (unpaired) electrons. The minimum Gasteiger partial charge on any atom is -0.451 e. The fourth-order valence-electron chi connectivity index (χ4n) is 3.44. The number of halogens is 1. The molecule has 1 fully saturated rings. The Morgan fingerprint density at radius 2 is 1.97 bits per heavy atom. The summed E-state index contributed by atoms with van der Waals surface area (Å²) in [6.45, 7) is -0.582. The van der Waals surface area contributed by atoms with Crippen LogP contribution in [-0.2, 0) is 20.9 Å². The summed E-state index contributed by atoms with van der Waals surface area (Å²) in [7, 11) is 1.44.